The fourth-order valence-corrected chi connectivity index (χ4v) is 3.22. The fourth-order valence-electron chi connectivity index (χ4n) is 3.22. The molecule has 23 heavy (non-hydrogen) atoms. The van der Waals surface area contributed by atoms with Gasteiger partial charge in [-0.25, -0.2) is 4.39 Å². The summed E-state index contributed by atoms with van der Waals surface area (Å²) in [5, 5.41) is 7.12. The number of aromatic amines is 1. The molecule has 1 amide bonds. The summed E-state index contributed by atoms with van der Waals surface area (Å²) in [6, 6.07) is 6.18. The molecule has 4 nitrogen and oxygen atoms in total. The zero-order valence-corrected chi connectivity index (χ0v) is 13.4. The third-order valence-electron chi connectivity index (χ3n) is 4.57. The Morgan fingerprint density at radius 2 is 2.17 bits per heavy atom. The molecule has 2 heterocycles. The molecule has 1 fully saturated rings. The van der Waals surface area contributed by atoms with Gasteiger partial charge in [-0.05, 0) is 55.4 Å². The van der Waals surface area contributed by atoms with E-state index < -0.39 is 0 Å². The average molecular weight is 315 g/mol. The molecule has 0 bridgehead atoms. The number of piperidine rings is 1. The summed E-state index contributed by atoms with van der Waals surface area (Å²) >= 11 is 0. The van der Waals surface area contributed by atoms with Gasteiger partial charge in [-0.1, -0.05) is 12.1 Å². The molecule has 0 spiro atoms. The summed E-state index contributed by atoms with van der Waals surface area (Å²) in [6.45, 7) is 3.66. The van der Waals surface area contributed by atoms with Crippen molar-refractivity contribution in [2.24, 2.45) is 5.92 Å². The van der Waals surface area contributed by atoms with Crippen molar-refractivity contribution >= 4 is 5.91 Å². The summed E-state index contributed by atoms with van der Waals surface area (Å²) in [4.78, 5) is 14.4. The summed E-state index contributed by atoms with van der Waals surface area (Å²) < 4.78 is 12.9. The van der Waals surface area contributed by atoms with Gasteiger partial charge >= 0.3 is 0 Å². The molecule has 1 aliphatic rings. The number of halogens is 1. The molecule has 1 aromatic carbocycles. The first-order chi connectivity index (χ1) is 11.1. The zero-order valence-electron chi connectivity index (χ0n) is 13.4. The van der Waals surface area contributed by atoms with Crippen molar-refractivity contribution in [1.29, 1.82) is 0 Å². The molecule has 1 N–H and O–H groups in total. The predicted octanol–water partition coefficient (Wildman–Crippen LogP) is 2.88. The van der Waals surface area contributed by atoms with E-state index in [9.17, 15) is 9.18 Å². The van der Waals surface area contributed by atoms with Crippen LogP contribution in [-0.4, -0.2) is 34.1 Å². The Morgan fingerprint density at radius 3 is 2.87 bits per heavy atom. The van der Waals surface area contributed by atoms with Crippen LogP contribution in [-0.2, 0) is 17.6 Å². The normalized spacial score (nSPS) is 18.2. The number of hydrogen-bond donors (Lipinski definition) is 1. The number of H-pyrrole nitrogens is 1. The van der Waals surface area contributed by atoms with Crippen molar-refractivity contribution in [2.75, 3.05) is 13.1 Å². The first-order valence-electron chi connectivity index (χ1n) is 8.13. The Balaban J connectivity index is 1.58. The smallest absolute Gasteiger partial charge is 0.226 e. The lowest BCUT2D eigenvalue weighted by Gasteiger charge is -2.33. The van der Waals surface area contributed by atoms with Crippen LogP contribution in [0, 0.1) is 18.7 Å². The van der Waals surface area contributed by atoms with E-state index in [4.69, 9.17) is 0 Å². The SMILES string of the molecule is Cc1cn[nH]c1C[C@H]1CCCN(C(=O)Cc2ccc(F)cc2)C1. The van der Waals surface area contributed by atoms with Crippen LogP contribution in [0.15, 0.2) is 30.5 Å². The molecule has 3 rings (SSSR count). The summed E-state index contributed by atoms with van der Waals surface area (Å²) in [5.74, 6) is 0.330. The number of likely N-dealkylation sites (tertiary alicyclic amines) is 1. The van der Waals surface area contributed by atoms with Crippen molar-refractivity contribution in [2.45, 2.75) is 32.6 Å². The lowest BCUT2D eigenvalue weighted by molar-refractivity contribution is -0.132. The van der Waals surface area contributed by atoms with Gasteiger partial charge in [-0.15, -0.1) is 0 Å². The van der Waals surface area contributed by atoms with Gasteiger partial charge in [0.25, 0.3) is 0 Å². The molecule has 0 radical (unpaired) electrons. The van der Waals surface area contributed by atoms with Crippen molar-refractivity contribution in [1.82, 2.24) is 15.1 Å². The molecule has 1 aromatic heterocycles. The quantitative estimate of drug-likeness (QED) is 0.943. The number of hydrogen-bond acceptors (Lipinski definition) is 2. The standard InChI is InChI=1S/C18H22FN3O/c1-13-11-20-21-17(13)9-15-3-2-8-22(12-15)18(23)10-14-4-6-16(19)7-5-14/h4-7,11,15H,2-3,8-10,12H2,1H3,(H,20,21)/t15-/m1/s1. The molecule has 5 heteroatoms. The second kappa shape index (κ2) is 6.94. The van der Waals surface area contributed by atoms with E-state index in [1.54, 1.807) is 12.1 Å². The van der Waals surface area contributed by atoms with E-state index in [0.717, 1.165) is 37.9 Å². The van der Waals surface area contributed by atoms with Gasteiger partial charge in [0, 0.05) is 18.8 Å². The number of rotatable bonds is 4. The number of benzene rings is 1. The molecule has 0 saturated carbocycles. The predicted molar refractivity (Wildman–Crippen MR) is 86.4 cm³/mol. The lowest BCUT2D eigenvalue weighted by Crippen LogP contribution is -2.41. The molecule has 2 aromatic rings. The van der Waals surface area contributed by atoms with Gasteiger partial charge in [0.15, 0.2) is 0 Å². The topological polar surface area (TPSA) is 49.0 Å². The van der Waals surface area contributed by atoms with Gasteiger partial charge in [0.1, 0.15) is 5.82 Å². The maximum atomic E-state index is 12.9. The Kier molecular flexibility index (Phi) is 4.74. The second-order valence-electron chi connectivity index (χ2n) is 6.39. The van der Waals surface area contributed by atoms with Crippen LogP contribution in [0.2, 0.25) is 0 Å². The highest BCUT2D eigenvalue weighted by Gasteiger charge is 2.24. The minimum absolute atomic E-state index is 0.127. The van der Waals surface area contributed by atoms with E-state index >= 15 is 0 Å². The van der Waals surface area contributed by atoms with Gasteiger partial charge in [-0.2, -0.15) is 5.10 Å². The first kappa shape index (κ1) is 15.7. The maximum Gasteiger partial charge on any atom is 0.226 e. The van der Waals surface area contributed by atoms with Crippen molar-refractivity contribution in [3.8, 4) is 0 Å². The van der Waals surface area contributed by atoms with Crippen LogP contribution >= 0.6 is 0 Å². The Labute approximate surface area is 135 Å². The van der Waals surface area contributed by atoms with Crippen molar-refractivity contribution in [3.63, 3.8) is 0 Å². The van der Waals surface area contributed by atoms with Gasteiger partial charge in [0.2, 0.25) is 5.91 Å². The molecule has 1 saturated heterocycles. The monoisotopic (exact) mass is 315 g/mol. The third kappa shape index (κ3) is 3.97. The fraction of sp³-hybridized carbons (Fsp3) is 0.444. The second-order valence-corrected chi connectivity index (χ2v) is 6.39. The highest BCUT2D eigenvalue weighted by atomic mass is 19.1. The van der Waals surface area contributed by atoms with Crippen LogP contribution in [0.5, 0.6) is 0 Å². The first-order valence-corrected chi connectivity index (χ1v) is 8.13. The van der Waals surface area contributed by atoms with E-state index in [2.05, 4.69) is 17.1 Å². The molecule has 1 aliphatic heterocycles. The molecule has 0 unspecified atom stereocenters. The number of aromatic nitrogens is 2. The minimum atomic E-state index is -0.269. The highest BCUT2D eigenvalue weighted by Crippen LogP contribution is 2.22. The van der Waals surface area contributed by atoms with E-state index in [0.29, 0.717) is 12.3 Å². The maximum absolute atomic E-state index is 12.9. The number of aryl methyl sites for hydroxylation is 1. The number of nitrogens with one attached hydrogen (secondary N) is 1. The van der Waals surface area contributed by atoms with E-state index in [-0.39, 0.29) is 11.7 Å². The van der Waals surface area contributed by atoms with E-state index in [1.165, 1.54) is 23.4 Å². The molecule has 122 valence electrons. The molecular weight excluding hydrogens is 293 g/mol. The number of amides is 1. The van der Waals surface area contributed by atoms with Crippen LogP contribution < -0.4 is 0 Å². The number of nitrogens with zero attached hydrogens (tertiary/aromatic N) is 2. The summed E-state index contributed by atoms with van der Waals surface area (Å²) in [7, 11) is 0. The van der Waals surface area contributed by atoms with Gasteiger partial charge in [-0.3, -0.25) is 9.89 Å². The van der Waals surface area contributed by atoms with Crippen LogP contribution in [0.1, 0.15) is 29.7 Å². The molecular formula is C18H22FN3O. The van der Waals surface area contributed by atoms with E-state index in [1.807, 2.05) is 11.1 Å². The third-order valence-corrected chi connectivity index (χ3v) is 4.57. The van der Waals surface area contributed by atoms with Crippen LogP contribution in [0.4, 0.5) is 4.39 Å². The molecule has 0 aliphatic carbocycles. The Bertz CT molecular complexity index is 665. The minimum Gasteiger partial charge on any atom is -0.342 e. The number of carbonyl (C=O) groups is 1. The molecule has 1 atom stereocenters. The van der Waals surface area contributed by atoms with Gasteiger partial charge in [0.05, 0.1) is 12.6 Å². The summed E-state index contributed by atoms with van der Waals surface area (Å²) in [6.07, 6.45) is 5.30. The van der Waals surface area contributed by atoms with Gasteiger partial charge < -0.3 is 4.90 Å². The zero-order chi connectivity index (χ0) is 16.2. The lowest BCUT2D eigenvalue weighted by atomic mass is 9.92. The number of carbonyl (C=O) groups excluding carboxylic acids is 1. The highest BCUT2D eigenvalue weighted by molar-refractivity contribution is 5.78. The largest absolute Gasteiger partial charge is 0.342 e. The van der Waals surface area contributed by atoms with Crippen LogP contribution in [0.3, 0.4) is 0 Å². The summed E-state index contributed by atoms with van der Waals surface area (Å²) in [5.41, 5.74) is 3.21. The van der Waals surface area contributed by atoms with Crippen molar-refractivity contribution < 1.29 is 9.18 Å². The van der Waals surface area contributed by atoms with Crippen molar-refractivity contribution in [3.05, 3.63) is 53.1 Å². The van der Waals surface area contributed by atoms with Crippen LogP contribution in [0.25, 0.3) is 0 Å². The average Bonchev–Trinajstić information content (AvgIpc) is 2.95. The Hall–Kier alpha value is -2.17. The Morgan fingerprint density at radius 1 is 1.39 bits per heavy atom.